The van der Waals surface area contributed by atoms with Gasteiger partial charge in [-0.25, -0.2) is 9.97 Å². The van der Waals surface area contributed by atoms with Crippen molar-refractivity contribution in [3.63, 3.8) is 0 Å². The fourth-order valence-electron chi connectivity index (χ4n) is 2.98. The molecule has 20 heavy (non-hydrogen) atoms. The minimum Gasteiger partial charge on any atom is -0.393 e. The SMILES string of the molecule is Cc1ccc2c(NC3CCC(O)C(C)C3)ccnc2n1. The number of aryl methyl sites for hydroxylation is 1. The van der Waals surface area contributed by atoms with Crippen LogP contribution in [0.3, 0.4) is 0 Å². The van der Waals surface area contributed by atoms with Crippen LogP contribution in [-0.2, 0) is 0 Å². The Morgan fingerprint density at radius 2 is 2.10 bits per heavy atom. The molecule has 0 spiro atoms. The van der Waals surface area contributed by atoms with Crippen molar-refractivity contribution in [2.24, 2.45) is 5.92 Å². The first-order chi connectivity index (χ1) is 9.63. The predicted octanol–water partition coefficient (Wildman–Crippen LogP) is 2.90. The summed E-state index contributed by atoms with van der Waals surface area (Å²) in [7, 11) is 0. The second-order valence-corrected chi connectivity index (χ2v) is 5.88. The highest BCUT2D eigenvalue weighted by Gasteiger charge is 2.26. The lowest BCUT2D eigenvalue weighted by Gasteiger charge is -2.32. The van der Waals surface area contributed by atoms with E-state index in [4.69, 9.17) is 0 Å². The number of fused-ring (bicyclic) bond motifs is 1. The third kappa shape index (κ3) is 2.61. The molecule has 1 saturated carbocycles. The standard InChI is InChI=1S/C16H21N3O/c1-10-9-12(4-6-15(10)20)19-14-7-8-17-16-13(14)5-3-11(2)18-16/h3,5,7-8,10,12,15,20H,4,6,9H2,1-2H3,(H,17,18,19). The molecule has 3 atom stereocenters. The predicted molar refractivity (Wildman–Crippen MR) is 80.7 cm³/mol. The average Bonchev–Trinajstić information content (AvgIpc) is 2.43. The number of anilines is 1. The molecule has 3 rings (SSSR count). The maximum Gasteiger partial charge on any atom is 0.161 e. The van der Waals surface area contributed by atoms with Gasteiger partial charge in [-0.3, -0.25) is 0 Å². The highest BCUT2D eigenvalue weighted by atomic mass is 16.3. The molecule has 4 heteroatoms. The first-order valence-electron chi connectivity index (χ1n) is 7.30. The monoisotopic (exact) mass is 271 g/mol. The van der Waals surface area contributed by atoms with Gasteiger partial charge in [0.1, 0.15) is 0 Å². The van der Waals surface area contributed by atoms with Crippen molar-refractivity contribution < 1.29 is 5.11 Å². The average molecular weight is 271 g/mol. The van der Waals surface area contributed by atoms with E-state index >= 15 is 0 Å². The summed E-state index contributed by atoms with van der Waals surface area (Å²) in [5.74, 6) is 0.356. The topological polar surface area (TPSA) is 58.0 Å². The zero-order valence-electron chi connectivity index (χ0n) is 12.0. The summed E-state index contributed by atoms with van der Waals surface area (Å²) < 4.78 is 0. The maximum absolute atomic E-state index is 9.82. The van der Waals surface area contributed by atoms with Gasteiger partial charge in [0, 0.05) is 29.0 Å². The van der Waals surface area contributed by atoms with Gasteiger partial charge >= 0.3 is 0 Å². The Balaban J connectivity index is 1.84. The van der Waals surface area contributed by atoms with E-state index in [0.717, 1.165) is 41.7 Å². The molecule has 3 unspecified atom stereocenters. The molecule has 2 aromatic heterocycles. The van der Waals surface area contributed by atoms with Crippen molar-refractivity contribution in [2.75, 3.05) is 5.32 Å². The van der Waals surface area contributed by atoms with Crippen LogP contribution >= 0.6 is 0 Å². The van der Waals surface area contributed by atoms with Crippen LogP contribution in [0.5, 0.6) is 0 Å². The minimum atomic E-state index is -0.147. The summed E-state index contributed by atoms with van der Waals surface area (Å²) in [5.41, 5.74) is 2.87. The van der Waals surface area contributed by atoms with Gasteiger partial charge in [-0.05, 0) is 50.3 Å². The van der Waals surface area contributed by atoms with Crippen molar-refractivity contribution >= 4 is 16.7 Å². The highest BCUT2D eigenvalue weighted by Crippen LogP contribution is 2.29. The van der Waals surface area contributed by atoms with Crippen LogP contribution < -0.4 is 5.32 Å². The van der Waals surface area contributed by atoms with Crippen LogP contribution in [0, 0.1) is 12.8 Å². The normalized spacial score (nSPS) is 26.6. The van der Waals surface area contributed by atoms with Gasteiger partial charge in [-0.2, -0.15) is 0 Å². The van der Waals surface area contributed by atoms with Gasteiger partial charge in [-0.1, -0.05) is 6.92 Å². The molecule has 1 aliphatic rings. The summed E-state index contributed by atoms with van der Waals surface area (Å²) in [6, 6.07) is 6.52. The summed E-state index contributed by atoms with van der Waals surface area (Å²) in [6.45, 7) is 4.10. The van der Waals surface area contributed by atoms with Gasteiger partial charge < -0.3 is 10.4 Å². The second kappa shape index (κ2) is 5.37. The molecule has 0 bridgehead atoms. The quantitative estimate of drug-likeness (QED) is 0.881. The summed E-state index contributed by atoms with van der Waals surface area (Å²) in [4.78, 5) is 8.80. The first-order valence-corrected chi connectivity index (χ1v) is 7.30. The molecule has 0 saturated heterocycles. The molecular weight excluding hydrogens is 250 g/mol. The lowest BCUT2D eigenvalue weighted by atomic mass is 9.84. The van der Waals surface area contributed by atoms with Crippen LogP contribution in [0.4, 0.5) is 5.69 Å². The lowest BCUT2D eigenvalue weighted by molar-refractivity contribution is 0.0748. The largest absolute Gasteiger partial charge is 0.393 e. The number of aliphatic hydroxyl groups is 1. The molecule has 106 valence electrons. The summed E-state index contributed by atoms with van der Waals surface area (Å²) >= 11 is 0. The van der Waals surface area contributed by atoms with Crippen molar-refractivity contribution in [1.29, 1.82) is 0 Å². The van der Waals surface area contributed by atoms with E-state index in [-0.39, 0.29) is 6.10 Å². The van der Waals surface area contributed by atoms with Crippen LogP contribution in [-0.4, -0.2) is 27.2 Å². The zero-order valence-corrected chi connectivity index (χ0v) is 12.0. The molecule has 0 aliphatic heterocycles. The zero-order chi connectivity index (χ0) is 14.1. The lowest BCUT2D eigenvalue weighted by Crippen LogP contribution is -2.34. The van der Waals surface area contributed by atoms with Gasteiger partial charge in [-0.15, -0.1) is 0 Å². The van der Waals surface area contributed by atoms with Gasteiger partial charge in [0.05, 0.1) is 6.10 Å². The van der Waals surface area contributed by atoms with Crippen LogP contribution in [0.15, 0.2) is 24.4 Å². The molecule has 2 heterocycles. The Bertz CT molecular complexity index is 614. The molecule has 4 nitrogen and oxygen atoms in total. The van der Waals surface area contributed by atoms with Crippen molar-refractivity contribution in [1.82, 2.24) is 9.97 Å². The number of nitrogens with one attached hydrogen (secondary N) is 1. The number of rotatable bonds is 2. The van der Waals surface area contributed by atoms with Gasteiger partial charge in [0.15, 0.2) is 5.65 Å². The number of aromatic nitrogens is 2. The Kier molecular flexibility index (Phi) is 3.57. The highest BCUT2D eigenvalue weighted by molar-refractivity contribution is 5.88. The second-order valence-electron chi connectivity index (χ2n) is 5.88. The number of hydrogen-bond donors (Lipinski definition) is 2. The number of aliphatic hydroxyl groups excluding tert-OH is 1. The number of pyridine rings is 2. The first kappa shape index (κ1) is 13.3. The fraction of sp³-hybridized carbons (Fsp3) is 0.500. The van der Waals surface area contributed by atoms with E-state index in [1.54, 1.807) is 6.20 Å². The van der Waals surface area contributed by atoms with E-state index in [1.165, 1.54) is 0 Å². The van der Waals surface area contributed by atoms with Gasteiger partial charge in [0.2, 0.25) is 0 Å². The minimum absolute atomic E-state index is 0.147. The van der Waals surface area contributed by atoms with Crippen LogP contribution in [0.1, 0.15) is 31.9 Å². The molecule has 2 aromatic rings. The Labute approximate surface area is 119 Å². The molecule has 0 aromatic carbocycles. The third-order valence-electron chi connectivity index (χ3n) is 4.23. The van der Waals surface area contributed by atoms with Crippen molar-refractivity contribution in [3.05, 3.63) is 30.1 Å². The molecule has 1 fully saturated rings. The number of hydrogen-bond acceptors (Lipinski definition) is 4. The molecular formula is C16H21N3O. The maximum atomic E-state index is 9.82. The third-order valence-corrected chi connectivity index (χ3v) is 4.23. The van der Waals surface area contributed by atoms with Crippen molar-refractivity contribution in [3.8, 4) is 0 Å². The Hall–Kier alpha value is -1.68. The molecule has 0 amide bonds. The van der Waals surface area contributed by atoms with E-state index in [0.29, 0.717) is 12.0 Å². The smallest absolute Gasteiger partial charge is 0.161 e. The molecule has 0 radical (unpaired) electrons. The van der Waals surface area contributed by atoms with E-state index in [9.17, 15) is 5.11 Å². The number of nitrogens with zero attached hydrogens (tertiary/aromatic N) is 2. The Morgan fingerprint density at radius 1 is 1.25 bits per heavy atom. The van der Waals surface area contributed by atoms with E-state index < -0.39 is 0 Å². The molecule has 2 N–H and O–H groups in total. The molecule has 1 aliphatic carbocycles. The van der Waals surface area contributed by atoms with Gasteiger partial charge in [0.25, 0.3) is 0 Å². The fourth-order valence-corrected chi connectivity index (χ4v) is 2.98. The van der Waals surface area contributed by atoms with Crippen molar-refractivity contribution in [2.45, 2.75) is 45.3 Å². The summed E-state index contributed by atoms with van der Waals surface area (Å²) in [5, 5.41) is 14.5. The van der Waals surface area contributed by atoms with E-state index in [2.05, 4.69) is 28.3 Å². The van der Waals surface area contributed by atoms with Crippen LogP contribution in [0.2, 0.25) is 0 Å². The van der Waals surface area contributed by atoms with Crippen LogP contribution in [0.25, 0.3) is 11.0 Å². The van der Waals surface area contributed by atoms with E-state index in [1.807, 2.05) is 19.1 Å². The summed E-state index contributed by atoms with van der Waals surface area (Å²) in [6.07, 6.45) is 4.54. The Morgan fingerprint density at radius 3 is 2.90 bits per heavy atom.